The Labute approximate surface area is 200 Å². The van der Waals surface area contributed by atoms with Crippen LogP contribution < -0.4 is 14.9 Å². The second kappa shape index (κ2) is 8.39. The van der Waals surface area contributed by atoms with E-state index in [1.54, 1.807) is 42.2 Å². The summed E-state index contributed by atoms with van der Waals surface area (Å²) >= 11 is 0. The molecule has 6 nitrogen and oxygen atoms in total. The van der Waals surface area contributed by atoms with E-state index in [4.69, 9.17) is 5.14 Å². The van der Waals surface area contributed by atoms with Crippen LogP contribution in [0.4, 0.5) is 24.5 Å². The smallest absolute Gasteiger partial charge is 0.241 e. The minimum absolute atomic E-state index is 0.247. The molecule has 10 heteroatoms. The quantitative estimate of drug-likeness (QED) is 0.589. The minimum Gasteiger partial charge on any atom is -0.367 e. The fourth-order valence-corrected chi connectivity index (χ4v) is 5.43. The van der Waals surface area contributed by atoms with E-state index < -0.39 is 38.3 Å². The van der Waals surface area contributed by atoms with Gasteiger partial charge in [0.1, 0.15) is 22.3 Å². The van der Waals surface area contributed by atoms with Gasteiger partial charge in [-0.05, 0) is 54.8 Å². The largest absolute Gasteiger partial charge is 0.367 e. The van der Waals surface area contributed by atoms with E-state index >= 15 is 0 Å². The van der Waals surface area contributed by atoms with Crippen LogP contribution in [0, 0.1) is 23.4 Å². The van der Waals surface area contributed by atoms with Crippen molar-refractivity contribution in [1.29, 1.82) is 0 Å². The predicted molar refractivity (Wildman–Crippen MR) is 126 cm³/mol. The third-order valence-electron chi connectivity index (χ3n) is 6.60. The number of anilines is 2. The van der Waals surface area contributed by atoms with Gasteiger partial charge in [-0.25, -0.2) is 26.7 Å². The molecular formula is C25H22F3N3O3S. The summed E-state index contributed by atoms with van der Waals surface area (Å²) in [5, 5.41) is 5.12. The van der Waals surface area contributed by atoms with Gasteiger partial charge in [-0.3, -0.25) is 4.79 Å². The molecule has 0 bridgehead atoms. The SMILES string of the molecule is C[C@H]1Cc2cc(F)c(S(N)(=O)=O)cc2N1C(=O)C1CN(c2ccc(-c3ccccc3F)cc2F)C1. The van der Waals surface area contributed by atoms with Gasteiger partial charge in [-0.15, -0.1) is 0 Å². The number of benzene rings is 3. The molecule has 1 atom stereocenters. The Morgan fingerprint density at radius 3 is 2.31 bits per heavy atom. The number of hydrogen-bond donors (Lipinski definition) is 1. The van der Waals surface area contributed by atoms with Crippen molar-refractivity contribution in [2.75, 3.05) is 22.9 Å². The number of nitrogens with zero attached hydrogens (tertiary/aromatic N) is 2. The van der Waals surface area contributed by atoms with Crippen LogP contribution in [0.5, 0.6) is 0 Å². The van der Waals surface area contributed by atoms with Crippen molar-refractivity contribution in [2.24, 2.45) is 11.1 Å². The lowest BCUT2D eigenvalue weighted by Gasteiger charge is -2.42. The summed E-state index contributed by atoms with van der Waals surface area (Å²) in [7, 11) is -4.30. The Balaban J connectivity index is 1.34. The molecule has 2 aliphatic heterocycles. The van der Waals surface area contributed by atoms with Gasteiger partial charge in [0.15, 0.2) is 0 Å². The molecule has 0 unspecified atom stereocenters. The second-order valence-corrected chi connectivity index (χ2v) is 10.5. The molecule has 3 aromatic carbocycles. The van der Waals surface area contributed by atoms with Crippen molar-refractivity contribution >= 4 is 27.3 Å². The molecule has 35 heavy (non-hydrogen) atoms. The van der Waals surface area contributed by atoms with Crippen molar-refractivity contribution in [2.45, 2.75) is 24.3 Å². The molecule has 1 fully saturated rings. The van der Waals surface area contributed by atoms with Crippen molar-refractivity contribution in [3.05, 3.63) is 77.6 Å². The summed E-state index contributed by atoms with van der Waals surface area (Å²) in [5.41, 5.74) is 1.88. The van der Waals surface area contributed by atoms with Crippen molar-refractivity contribution < 1.29 is 26.4 Å². The van der Waals surface area contributed by atoms with Gasteiger partial charge in [0.05, 0.1) is 11.6 Å². The molecule has 0 aliphatic carbocycles. The van der Waals surface area contributed by atoms with Crippen molar-refractivity contribution in [1.82, 2.24) is 0 Å². The predicted octanol–water partition coefficient (Wildman–Crippen LogP) is 3.83. The van der Waals surface area contributed by atoms with Gasteiger partial charge in [-0.2, -0.15) is 0 Å². The van der Waals surface area contributed by atoms with Crippen LogP contribution in [0.3, 0.4) is 0 Å². The molecule has 2 heterocycles. The summed E-state index contributed by atoms with van der Waals surface area (Å²) in [4.78, 5) is 15.8. The van der Waals surface area contributed by atoms with E-state index in [2.05, 4.69) is 0 Å². The lowest BCUT2D eigenvalue weighted by atomic mass is 9.96. The summed E-state index contributed by atoms with van der Waals surface area (Å²) in [5.74, 6) is -2.61. The van der Waals surface area contributed by atoms with Crippen LogP contribution in [0.1, 0.15) is 12.5 Å². The van der Waals surface area contributed by atoms with E-state index in [9.17, 15) is 26.4 Å². The first-order valence-corrected chi connectivity index (χ1v) is 12.6. The van der Waals surface area contributed by atoms with E-state index in [0.29, 0.717) is 34.5 Å². The maximum Gasteiger partial charge on any atom is 0.241 e. The number of carbonyl (C=O) groups excluding carboxylic acids is 1. The summed E-state index contributed by atoms with van der Waals surface area (Å²) in [6.45, 7) is 2.32. The summed E-state index contributed by atoms with van der Waals surface area (Å²) in [6, 6.07) is 12.5. The van der Waals surface area contributed by atoms with Gasteiger partial charge in [0.25, 0.3) is 0 Å². The van der Waals surface area contributed by atoms with E-state index in [-0.39, 0.29) is 25.0 Å². The number of rotatable bonds is 4. The Bertz CT molecular complexity index is 1460. The lowest BCUT2D eigenvalue weighted by molar-refractivity contribution is -0.123. The number of halogens is 3. The Hall–Kier alpha value is -3.37. The number of nitrogens with two attached hydrogens (primary N) is 1. The maximum atomic E-state index is 14.9. The van der Waals surface area contributed by atoms with Crippen LogP contribution in [0.2, 0.25) is 0 Å². The number of primary sulfonamides is 1. The summed E-state index contributed by atoms with van der Waals surface area (Å²) in [6.07, 6.45) is 0.380. The summed E-state index contributed by atoms with van der Waals surface area (Å²) < 4.78 is 66.6. The third kappa shape index (κ3) is 4.06. The van der Waals surface area contributed by atoms with Gasteiger partial charge >= 0.3 is 0 Å². The third-order valence-corrected chi connectivity index (χ3v) is 7.52. The minimum atomic E-state index is -4.30. The van der Waals surface area contributed by atoms with E-state index in [1.807, 2.05) is 0 Å². The van der Waals surface area contributed by atoms with Crippen LogP contribution in [0.25, 0.3) is 11.1 Å². The molecule has 2 aliphatic rings. The molecule has 0 aromatic heterocycles. The first-order chi connectivity index (χ1) is 16.5. The topological polar surface area (TPSA) is 83.7 Å². The standard InChI is InChI=1S/C25H22F3N3O3S/c1-14-8-16-10-21(28)24(35(29,33)34)11-23(16)31(14)25(32)17-12-30(13-17)22-7-6-15(9-20(22)27)18-4-2-3-5-19(18)26/h2-7,9-11,14,17H,8,12-13H2,1H3,(H2,29,33,34)/t14-/m0/s1. The average Bonchev–Trinajstić information content (AvgIpc) is 3.07. The zero-order valence-corrected chi connectivity index (χ0v) is 19.5. The Morgan fingerprint density at radius 2 is 1.66 bits per heavy atom. The highest BCUT2D eigenvalue weighted by Gasteiger charge is 2.41. The highest BCUT2D eigenvalue weighted by Crippen LogP contribution is 2.38. The average molecular weight is 502 g/mol. The molecule has 0 spiro atoms. The fourth-order valence-electron chi connectivity index (χ4n) is 4.83. The first-order valence-electron chi connectivity index (χ1n) is 11.0. The molecule has 0 saturated carbocycles. The van der Waals surface area contributed by atoms with Gasteiger partial charge < -0.3 is 9.80 Å². The van der Waals surface area contributed by atoms with Crippen LogP contribution in [-0.4, -0.2) is 33.5 Å². The highest BCUT2D eigenvalue weighted by atomic mass is 32.2. The van der Waals surface area contributed by atoms with Crippen LogP contribution in [-0.2, 0) is 21.2 Å². The number of sulfonamides is 1. The highest BCUT2D eigenvalue weighted by molar-refractivity contribution is 7.89. The van der Waals surface area contributed by atoms with Gasteiger partial charge in [-0.1, -0.05) is 24.3 Å². The number of hydrogen-bond acceptors (Lipinski definition) is 4. The van der Waals surface area contributed by atoms with Crippen LogP contribution in [0.15, 0.2) is 59.5 Å². The molecule has 2 N–H and O–H groups in total. The van der Waals surface area contributed by atoms with Gasteiger partial charge in [0.2, 0.25) is 15.9 Å². The second-order valence-electron chi connectivity index (χ2n) is 8.97. The number of fused-ring (bicyclic) bond motifs is 1. The molecule has 0 radical (unpaired) electrons. The Morgan fingerprint density at radius 1 is 0.943 bits per heavy atom. The number of amides is 1. The van der Waals surface area contributed by atoms with Crippen molar-refractivity contribution in [3.8, 4) is 11.1 Å². The zero-order valence-electron chi connectivity index (χ0n) is 18.7. The molecule has 5 rings (SSSR count). The van der Waals surface area contributed by atoms with Crippen molar-refractivity contribution in [3.63, 3.8) is 0 Å². The Kier molecular flexibility index (Phi) is 5.60. The normalized spacial score (nSPS) is 17.9. The van der Waals surface area contributed by atoms with E-state index in [0.717, 1.165) is 12.1 Å². The van der Waals surface area contributed by atoms with Crippen LogP contribution >= 0.6 is 0 Å². The first kappa shape index (κ1) is 23.4. The molecule has 1 saturated heterocycles. The van der Waals surface area contributed by atoms with Gasteiger partial charge in [0, 0.05) is 30.4 Å². The molecular weight excluding hydrogens is 479 g/mol. The number of carbonyl (C=O) groups is 1. The molecule has 1 amide bonds. The zero-order chi connectivity index (χ0) is 25.1. The fraction of sp³-hybridized carbons (Fsp3) is 0.240. The monoisotopic (exact) mass is 501 g/mol. The van der Waals surface area contributed by atoms with E-state index in [1.165, 1.54) is 17.0 Å². The molecule has 3 aromatic rings. The molecule has 182 valence electrons. The maximum absolute atomic E-state index is 14.9. The lowest BCUT2D eigenvalue weighted by Crippen LogP contribution is -2.56.